The minimum Gasteiger partial charge on any atom is -0.341 e. The number of nitrogens with zero attached hydrogens (tertiary/aromatic N) is 2. The van der Waals surface area contributed by atoms with Gasteiger partial charge in [-0.05, 0) is 56.0 Å². The van der Waals surface area contributed by atoms with Crippen LogP contribution in [-0.4, -0.2) is 28.0 Å². The van der Waals surface area contributed by atoms with Crippen LogP contribution in [0.2, 0.25) is 0 Å². The number of piperidine rings is 1. The second-order valence-electron chi connectivity index (χ2n) is 7.17. The third-order valence-corrected chi connectivity index (χ3v) is 5.21. The lowest BCUT2D eigenvalue weighted by Gasteiger charge is -2.31. The van der Waals surface area contributed by atoms with Crippen molar-refractivity contribution in [3.05, 3.63) is 77.9 Å². The molecule has 0 bridgehead atoms. The summed E-state index contributed by atoms with van der Waals surface area (Å²) in [4.78, 5) is 10.5. The third-order valence-electron chi connectivity index (χ3n) is 5.21. The van der Waals surface area contributed by atoms with Crippen molar-refractivity contribution in [3.8, 4) is 11.4 Å². The van der Waals surface area contributed by atoms with Crippen molar-refractivity contribution in [2.24, 2.45) is 5.92 Å². The number of hydrogen-bond acceptors (Lipinski definition) is 2. The molecule has 0 atom stereocenters. The molecule has 1 N–H and O–H groups in total. The Morgan fingerprint density at radius 3 is 2.46 bits per heavy atom. The molecule has 0 aliphatic carbocycles. The van der Waals surface area contributed by atoms with E-state index in [0.717, 1.165) is 37.4 Å². The molecule has 1 aliphatic rings. The van der Waals surface area contributed by atoms with E-state index in [1.165, 1.54) is 24.1 Å². The Kier molecular flexibility index (Phi) is 5.12. The van der Waals surface area contributed by atoms with E-state index in [0.29, 0.717) is 5.92 Å². The van der Waals surface area contributed by atoms with Crippen LogP contribution in [0.5, 0.6) is 0 Å². The summed E-state index contributed by atoms with van der Waals surface area (Å²) in [7, 11) is 0. The predicted octanol–water partition coefficient (Wildman–Crippen LogP) is 4.67. The SMILES string of the molecule is Fc1ccc(CC2CCN(Cc3cnc(-c4ccccc4)[nH]3)CC2)cc1. The Hall–Kier alpha value is -2.46. The first-order valence-corrected chi connectivity index (χ1v) is 9.32. The van der Waals surface area contributed by atoms with Crippen LogP contribution in [-0.2, 0) is 13.0 Å². The zero-order valence-corrected chi connectivity index (χ0v) is 14.9. The van der Waals surface area contributed by atoms with Crippen LogP contribution in [0.3, 0.4) is 0 Å². The number of imidazole rings is 1. The van der Waals surface area contributed by atoms with Crippen LogP contribution in [0.4, 0.5) is 4.39 Å². The molecule has 2 heterocycles. The second kappa shape index (κ2) is 7.83. The van der Waals surface area contributed by atoms with Crippen molar-refractivity contribution in [1.82, 2.24) is 14.9 Å². The van der Waals surface area contributed by atoms with Crippen molar-refractivity contribution >= 4 is 0 Å². The molecule has 26 heavy (non-hydrogen) atoms. The number of H-pyrrole nitrogens is 1. The fraction of sp³-hybridized carbons (Fsp3) is 0.318. The number of hydrogen-bond donors (Lipinski definition) is 1. The molecule has 1 saturated heterocycles. The van der Waals surface area contributed by atoms with E-state index >= 15 is 0 Å². The molecule has 2 aromatic carbocycles. The molecular formula is C22H24FN3. The maximum absolute atomic E-state index is 13.0. The summed E-state index contributed by atoms with van der Waals surface area (Å²) in [5.41, 5.74) is 3.53. The van der Waals surface area contributed by atoms with Crippen LogP contribution in [0, 0.1) is 11.7 Å². The fourth-order valence-electron chi connectivity index (χ4n) is 3.73. The number of likely N-dealkylation sites (tertiary alicyclic amines) is 1. The largest absolute Gasteiger partial charge is 0.341 e. The van der Waals surface area contributed by atoms with Gasteiger partial charge < -0.3 is 4.98 Å². The van der Waals surface area contributed by atoms with Gasteiger partial charge in [-0.3, -0.25) is 4.90 Å². The summed E-state index contributed by atoms with van der Waals surface area (Å²) >= 11 is 0. The average Bonchev–Trinajstić information content (AvgIpc) is 3.14. The molecule has 0 radical (unpaired) electrons. The first-order valence-electron chi connectivity index (χ1n) is 9.32. The van der Waals surface area contributed by atoms with Crippen LogP contribution in [0.15, 0.2) is 60.8 Å². The lowest BCUT2D eigenvalue weighted by Crippen LogP contribution is -2.33. The smallest absolute Gasteiger partial charge is 0.137 e. The Labute approximate surface area is 153 Å². The monoisotopic (exact) mass is 349 g/mol. The Morgan fingerprint density at radius 1 is 1.00 bits per heavy atom. The lowest BCUT2D eigenvalue weighted by molar-refractivity contribution is 0.175. The molecule has 1 aliphatic heterocycles. The number of rotatable bonds is 5. The van der Waals surface area contributed by atoms with E-state index in [-0.39, 0.29) is 5.82 Å². The fourth-order valence-corrected chi connectivity index (χ4v) is 3.73. The summed E-state index contributed by atoms with van der Waals surface area (Å²) in [5.74, 6) is 1.48. The first-order chi connectivity index (χ1) is 12.8. The van der Waals surface area contributed by atoms with Gasteiger partial charge in [-0.2, -0.15) is 0 Å². The molecule has 3 nitrogen and oxygen atoms in total. The number of halogens is 1. The molecule has 0 spiro atoms. The molecule has 1 fully saturated rings. The van der Waals surface area contributed by atoms with Gasteiger partial charge >= 0.3 is 0 Å². The van der Waals surface area contributed by atoms with E-state index in [9.17, 15) is 4.39 Å². The van der Waals surface area contributed by atoms with Crippen molar-refractivity contribution in [1.29, 1.82) is 0 Å². The minimum atomic E-state index is -0.155. The molecule has 4 heteroatoms. The molecular weight excluding hydrogens is 325 g/mol. The highest BCUT2D eigenvalue weighted by atomic mass is 19.1. The zero-order chi connectivity index (χ0) is 17.8. The highest BCUT2D eigenvalue weighted by Gasteiger charge is 2.20. The van der Waals surface area contributed by atoms with Gasteiger partial charge in [0, 0.05) is 24.0 Å². The lowest BCUT2D eigenvalue weighted by atomic mass is 9.90. The van der Waals surface area contributed by atoms with E-state index in [1.54, 1.807) is 12.1 Å². The topological polar surface area (TPSA) is 31.9 Å². The van der Waals surface area contributed by atoms with Gasteiger partial charge in [0.15, 0.2) is 0 Å². The Bertz CT molecular complexity index is 818. The molecule has 0 amide bonds. The van der Waals surface area contributed by atoms with Crippen LogP contribution in [0.25, 0.3) is 11.4 Å². The maximum atomic E-state index is 13.0. The van der Waals surface area contributed by atoms with E-state index in [4.69, 9.17) is 0 Å². The highest BCUT2D eigenvalue weighted by molar-refractivity contribution is 5.54. The average molecular weight is 349 g/mol. The molecule has 1 aromatic heterocycles. The highest BCUT2D eigenvalue weighted by Crippen LogP contribution is 2.23. The van der Waals surface area contributed by atoms with Gasteiger partial charge in [-0.1, -0.05) is 42.5 Å². The summed E-state index contributed by atoms with van der Waals surface area (Å²) in [6.45, 7) is 3.13. The first kappa shape index (κ1) is 17.0. The van der Waals surface area contributed by atoms with Crippen molar-refractivity contribution < 1.29 is 4.39 Å². The summed E-state index contributed by atoms with van der Waals surface area (Å²) in [5, 5.41) is 0. The third kappa shape index (κ3) is 4.20. The molecule has 3 aromatic rings. The molecule has 0 saturated carbocycles. The minimum absolute atomic E-state index is 0.155. The van der Waals surface area contributed by atoms with E-state index < -0.39 is 0 Å². The van der Waals surface area contributed by atoms with Gasteiger partial charge in [-0.15, -0.1) is 0 Å². The second-order valence-corrected chi connectivity index (χ2v) is 7.17. The van der Waals surface area contributed by atoms with E-state index in [2.05, 4.69) is 27.0 Å². The van der Waals surface area contributed by atoms with Crippen LogP contribution in [0.1, 0.15) is 24.1 Å². The Balaban J connectivity index is 1.29. The predicted molar refractivity (Wildman–Crippen MR) is 102 cm³/mol. The number of aromatic amines is 1. The standard InChI is InChI=1S/C22H24FN3/c23-20-8-6-17(7-9-20)14-18-10-12-26(13-11-18)16-21-15-24-22(25-21)19-4-2-1-3-5-19/h1-9,15,18H,10-14,16H2,(H,24,25). The van der Waals surface area contributed by atoms with Gasteiger partial charge in [-0.25, -0.2) is 9.37 Å². The number of benzene rings is 2. The maximum Gasteiger partial charge on any atom is 0.137 e. The van der Waals surface area contributed by atoms with Gasteiger partial charge in [0.2, 0.25) is 0 Å². The van der Waals surface area contributed by atoms with Gasteiger partial charge in [0.25, 0.3) is 0 Å². The van der Waals surface area contributed by atoms with Crippen LogP contribution >= 0.6 is 0 Å². The van der Waals surface area contributed by atoms with Gasteiger partial charge in [0.05, 0.1) is 0 Å². The normalized spacial score (nSPS) is 16.0. The van der Waals surface area contributed by atoms with Crippen LogP contribution < -0.4 is 0 Å². The van der Waals surface area contributed by atoms with Crippen molar-refractivity contribution in [2.45, 2.75) is 25.8 Å². The molecule has 4 rings (SSSR count). The molecule has 0 unspecified atom stereocenters. The molecule has 134 valence electrons. The summed E-state index contributed by atoms with van der Waals surface area (Å²) < 4.78 is 13.0. The summed E-state index contributed by atoms with van der Waals surface area (Å²) in [6.07, 6.45) is 5.39. The van der Waals surface area contributed by atoms with Crippen molar-refractivity contribution in [3.63, 3.8) is 0 Å². The summed E-state index contributed by atoms with van der Waals surface area (Å²) in [6, 6.07) is 17.2. The zero-order valence-electron chi connectivity index (χ0n) is 14.9. The number of aromatic nitrogens is 2. The van der Waals surface area contributed by atoms with Crippen molar-refractivity contribution in [2.75, 3.05) is 13.1 Å². The number of nitrogens with one attached hydrogen (secondary N) is 1. The van der Waals surface area contributed by atoms with E-state index in [1.807, 2.05) is 36.5 Å². The van der Waals surface area contributed by atoms with Gasteiger partial charge in [0.1, 0.15) is 11.6 Å². The quantitative estimate of drug-likeness (QED) is 0.726. The Morgan fingerprint density at radius 2 is 1.73 bits per heavy atom.